The Morgan fingerprint density at radius 2 is 2.03 bits per heavy atom. The molecule has 3 heterocycles. The van der Waals surface area contributed by atoms with Crippen LogP contribution in [0, 0.1) is 6.92 Å². The van der Waals surface area contributed by atoms with Crippen molar-refractivity contribution in [1.29, 1.82) is 0 Å². The normalized spacial score (nSPS) is 13.9. The molecule has 0 radical (unpaired) electrons. The van der Waals surface area contributed by atoms with Gasteiger partial charge in [0.05, 0.1) is 16.3 Å². The van der Waals surface area contributed by atoms with E-state index in [0.29, 0.717) is 23.5 Å². The number of aromatic nitrogens is 5. The number of benzene rings is 1. The highest BCUT2D eigenvalue weighted by molar-refractivity contribution is 7.98. The van der Waals surface area contributed by atoms with Crippen molar-refractivity contribution in [2.24, 2.45) is 0 Å². The first-order valence-electron chi connectivity index (χ1n) is 9.78. The molecule has 1 aliphatic rings. The Kier molecular flexibility index (Phi) is 4.97. The van der Waals surface area contributed by atoms with Crippen LogP contribution in [-0.2, 0) is 12.2 Å². The third-order valence-electron chi connectivity index (χ3n) is 4.90. The number of hydrogen-bond acceptors (Lipinski definition) is 7. The van der Waals surface area contributed by atoms with Crippen LogP contribution in [0.5, 0.6) is 0 Å². The molecular formula is C21H21N5OS2. The van der Waals surface area contributed by atoms with Crippen molar-refractivity contribution < 1.29 is 4.42 Å². The lowest BCUT2D eigenvalue weighted by atomic mass is 10.2. The summed E-state index contributed by atoms with van der Waals surface area (Å²) in [7, 11) is 0. The summed E-state index contributed by atoms with van der Waals surface area (Å²) >= 11 is 3.26. The van der Waals surface area contributed by atoms with Crippen molar-refractivity contribution in [2.45, 2.75) is 49.9 Å². The van der Waals surface area contributed by atoms with Crippen LogP contribution in [0.1, 0.15) is 47.8 Å². The molecule has 0 spiro atoms. The first-order valence-corrected chi connectivity index (χ1v) is 11.6. The summed E-state index contributed by atoms with van der Waals surface area (Å²) in [4.78, 5) is 7.17. The van der Waals surface area contributed by atoms with Gasteiger partial charge in [-0.05, 0) is 49.9 Å². The number of hydrogen-bond donors (Lipinski definition) is 0. The van der Waals surface area contributed by atoms with Gasteiger partial charge in [-0.3, -0.25) is 0 Å². The Morgan fingerprint density at radius 3 is 2.76 bits per heavy atom. The second kappa shape index (κ2) is 7.76. The van der Waals surface area contributed by atoms with Gasteiger partial charge in [0.2, 0.25) is 11.0 Å². The maximum Gasteiger partial charge on any atom is 0.257 e. The SMILES string of the molecule is CCc1sc(-c2nnc(CSc3nc(C4CC4)n(-c4ccccc4)n3)o2)cc1C. The van der Waals surface area contributed by atoms with Gasteiger partial charge in [0.1, 0.15) is 5.82 Å². The monoisotopic (exact) mass is 423 g/mol. The summed E-state index contributed by atoms with van der Waals surface area (Å²) in [5.41, 5.74) is 2.33. The predicted molar refractivity (Wildman–Crippen MR) is 115 cm³/mol. The fourth-order valence-corrected chi connectivity index (χ4v) is 4.95. The van der Waals surface area contributed by atoms with Gasteiger partial charge in [-0.1, -0.05) is 36.9 Å². The van der Waals surface area contributed by atoms with Crippen LogP contribution >= 0.6 is 23.1 Å². The average Bonchev–Trinajstić information content (AvgIpc) is 3.16. The van der Waals surface area contributed by atoms with Crippen molar-refractivity contribution in [3.05, 3.63) is 58.6 Å². The van der Waals surface area contributed by atoms with Crippen molar-refractivity contribution in [1.82, 2.24) is 25.0 Å². The summed E-state index contributed by atoms with van der Waals surface area (Å²) in [6.45, 7) is 4.29. The van der Waals surface area contributed by atoms with Gasteiger partial charge in [-0.25, -0.2) is 9.67 Å². The number of thiophene rings is 1. The Balaban J connectivity index is 1.32. The minimum atomic E-state index is 0.516. The molecular weight excluding hydrogens is 402 g/mol. The Hall–Kier alpha value is -2.45. The van der Waals surface area contributed by atoms with Crippen molar-refractivity contribution in [3.8, 4) is 16.5 Å². The minimum Gasteiger partial charge on any atom is -0.419 e. The maximum absolute atomic E-state index is 5.89. The lowest BCUT2D eigenvalue weighted by Crippen LogP contribution is -2.01. The summed E-state index contributed by atoms with van der Waals surface area (Å²) in [5.74, 6) is 3.31. The highest BCUT2D eigenvalue weighted by Gasteiger charge is 2.30. The van der Waals surface area contributed by atoms with Gasteiger partial charge in [0.15, 0.2) is 0 Å². The number of nitrogens with zero attached hydrogens (tertiary/aromatic N) is 5. The van der Waals surface area contributed by atoms with Crippen molar-refractivity contribution in [2.75, 3.05) is 0 Å². The largest absolute Gasteiger partial charge is 0.419 e. The molecule has 0 amide bonds. The molecule has 4 aromatic rings. The van der Waals surface area contributed by atoms with Crippen LogP contribution in [0.25, 0.3) is 16.5 Å². The Bertz CT molecular complexity index is 1130. The zero-order valence-electron chi connectivity index (χ0n) is 16.3. The van der Waals surface area contributed by atoms with Crippen LogP contribution < -0.4 is 0 Å². The number of para-hydroxylation sites is 1. The van der Waals surface area contributed by atoms with E-state index < -0.39 is 0 Å². The van der Waals surface area contributed by atoms with Crippen LogP contribution in [-0.4, -0.2) is 25.0 Å². The molecule has 148 valence electrons. The first kappa shape index (κ1) is 18.6. The van der Waals surface area contributed by atoms with Gasteiger partial charge in [-0.2, -0.15) is 0 Å². The lowest BCUT2D eigenvalue weighted by Gasteiger charge is -2.03. The van der Waals surface area contributed by atoms with Crippen LogP contribution in [0.3, 0.4) is 0 Å². The van der Waals surface area contributed by atoms with E-state index in [2.05, 4.69) is 42.2 Å². The van der Waals surface area contributed by atoms with Crippen molar-refractivity contribution >= 4 is 23.1 Å². The molecule has 1 saturated carbocycles. The van der Waals surface area contributed by atoms with E-state index in [1.54, 1.807) is 11.3 Å². The summed E-state index contributed by atoms with van der Waals surface area (Å²) in [6, 6.07) is 12.3. The third-order valence-corrected chi connectivity index (χ3v) is 7.09. The fraction of sp³-hybridized carbons (Fsp3) is 0.333. The summed E-state index contributed by atoms with van der Waals surface area (Å²) < 4.78 is 7.86. The first-order chi connectivity index (χ1) is 14.2. The van der Waals surface area contributed by atoms with E-state index in [-0.39, 0.29) is 0 Å². The Labute approximate surface area is 177 Å². The van der Waals surface area contributed by atoms with Crippen LogP contribution in [0.4, 0.5) is 0 Å². The molecule has 0 unspecified atom stereocenters. The number of rotatable bonds is 7. The molecule has 5 rings (SSSR count). The zero-order valence-corrected chi connectivity index (χ0v) is 18.0. The average molecular weight is 424 g/mol. The van der Waals surface area contributed by atoms with Crippen molar-refractivity contribution in [3.63, 3.8) is 0 Å². The molecule has 0 bridgehead atoms. The van der Waals surface area contributed by atoms with E-state index in [9.17, 15) is 0 Å². The molecule has 0 aliphatic heterocycles. The molecule has 0 atom stereocenters. The molecule has 1 fully saturated rings. The molecule has 1 aromatic carbocycles. The predicted octanol–water partition coefficient (Wildman–Crippen LogP) is 5.42. The molecule has 3 aromatic heterocycles. The van der Waals surface area contributed by atoms with E-state index >= 15 is 0 Å². The molecule has 29 heavy (non-hydrogen) atoms. The van der Waals surface area contributed by atoms with Crippen LogP contribution in [0.15, 0.2) is 46.0 Å². The van der Waals surface area contributed by atoms with E-state index in [1.807, 2.05) is 22.9 Å². The highest BCUT2D eigenvalue weighted by Crippen LogP contribution is 2.40. The van der Waals surface area contributed by atoms with Gasteiger partial charge in [-0.15, -0.1) is 26.6 Å². The molecule has 6 nitrogen and oxygen atoms in total. The molecule has 0 saturated heterocycles. The quantitative estimate of drug-likeness (QED) is 0.370. The van der Waals surface area contributed by atoms with E-state index in [0.717, 1.165) is 28.0 Å². The second-order valence-electron chi connectivity index (χ2n) is 7.13. The van der Waals surface area contributed by atoms with Gasteiger partial charge >= 0.3 is 0 Å². The third kappa shape index (κ3) is 3.86. The topological polar surface area (TPSA) is 69.6 Å². The summed E-state index contributed by atoms with van der Waals surface area (Å²) in [5, 5.41) is 13.9. The standard InChI is InChI=1S/C21H21N5OS2/c1-3-16-13(2)11-17(29-16)20-24-23-18(27-20)12-28-21-22-19(14-9-10-14)26(25-21)15-7-5-4-6-8-15/h4-8,11,14H,3,9-10,12H2,1-2H3. The van der Waals surface area contributed by atoms with E-state index in [1.165, 1.54) is 35.0 Å². The minimum absolute atomic E-state index is 0.516. The Morgan fingerprint density at radius 1 is 1.21 bits per heavy atom. The molecule has 8 heteroatoms. The van der Waals surface area contributed by atoms with Crippen LogP contribution in [0.2, 0.25) is 0 Å². The molecule has 1 aliphatic carbocycles. The molecule has 0 N–H and O–H groups in total. The fourth-order valence-electron chi connectivity index (χ4n) is 3.24. The highest BCUT2D eigenvalue weighted by atomic mass is 32.2. The number of aryl methyl sites for hydroxylation is 2. The smallest absolute Gasteiger partial charge is 0.257 e. The second-order valence-corrected chi connectivity index (χ2v) is 9.21. The number of thioether (sulfide) groups is 1. The zero-order chi connectivity index (χ0) is 19.8. The van der Waals surface area contributed by atoms with Gasteiger partial charge in [0.25, 0.3) is 5.89 Å². The lowest BCUT2D eigenvalue weighted by molar-refractivity contribution is 0.529. The van der Waals surface area contributed by atoms with Gasteiger partial charge < -0.3 is 4.42 Å². The summed E-state index contributed by atoms with van der Waals surface area (Å²) in [6.07, 6.45) is 3.39. The maximum atomic E-state index is 5.89. The van der Waals surface area contributed by atoms with E-state index in [4.69, 9.17) is 14.5 Å². The van der Waals surface area contributed by atoms with Gasteiger partial charge in [0, 0.05) is 10.8 Å².